The molecule has 0 heterocycles. The first-order valence-corrected chi connectivity index (χ1v) is 6.79. The Labute approximate surface area is 121 Å². The fourth-order valence-corrected chi connectivity index (χ4v) is 1.81. The molecule has 0 aliphatic heterocycles. The van der Waals surface area contributed by atoms with Gasteiger partial charge in [-0.2, -0.15) is 0 Å². The molecule has 1 aromatic carbocycles. The summed E-state index contributed by atoms with van der Waals surface area (Å²) in [5.41, 5.74) is 0.565. The van der Waals surface area contributed by atoms with Crippen LogP contribution in [0.2, 0.25) is 0 Å². The number of methoxy groups -OCH3 is 1. The molecule has 0 bridgehead atoms. The van der Waals surface area contributed by atoms with Gasteiger partial charge in [0.2, 0.25) is 0 Å². The Kier molecular flexibility index (Phi) is 5.90. The normalized spacial score (nSPS) is 11.7. The molecule has 4 nitrogen and oxygen atoms in total. The third-order valence-corrected chi connectivity index (χ3v) is 3.42. The molecular weight excluding hydrogens is 401 g/mol. The molecule has 0 aromatic heterocycles. The van der Waals surface area contributed by atoms with Crippen molar-refractivity contribution >= 4 is 50.4 Å². The lowest BCUT2D eigenvalue weighted by Gasteiger charge is -2.09. The van der Waals surface area contributed by atoms with Crippen molar-refractivity contribution in [1.82, 2.24) is 5.32 Å². The maximum atomic E-state index is 11.7. The number of ether oxygens (including phenoxy) is 1. The Balaban J connectivity index is 2.50. The molecule has 1 N–H and O–H groups in total. The molecule has 1 unspecified atom stereocenters. The number of amides is 1. The van der Waals surface area contributed by atoms with Crippen LogP contribution >= 0.6 is 38.5 Å². The maximum Gasteiger partial charge on any atom is 0.321 e. The third-order valence-electron chi connectivity index (χ3n) is 2.01. The summed E-state index contributed by atoms with van der Waals surface area (Å²) in [4.78, 5) is 22.2. The molecule has 6 heteroatoms. The quantitative estimate of drug-likeness (QED) is 0.468. The number of hydrogen-bond acceptors (Lipinski definition) is 3. The minimum atomic E-state index is -0.528. The second-order valence-electron chi connectivity index (χ2n) is 3.21. The van der Waals surface area contributed by atoms with Crippen molar-refractivity contribution in [3.63, 3.8) is 0 Å². The average Bonchev–Trinajstić information content (AvgIpc) is 2.35. The van der Waals surface area contributed by atoms with Gasteiger partial charge in [0.15, 0.2) is 0 Å². The van der Waals surface area contributed by atoms with E-state index < -0.39 is 10.8 Å². The Morgan fingerprint density at radius 1 is 1.41 bits per heavy atom. The molecule has 1 aromatic rings. The van der Waals surface area contributed by atoms with E-state index in [1.54, 1.807) is 12.1 Å². The van der Waals surface area contributed by atoms with E-state index in [-0.39, 0.29) is 12.5 Å². The number of hydrogen-bond donors (Lipinski definition) is 1. The topological polar surface area (TPSA) is 55.4 Å². The third kappa shape index (κ3) is 4.63. The smallest absolute Gasteiger partial charge is 0.321 e. The lowest BCUT2D eigenvalue weighted by molar-refractivity contribution is -0.139. The predicted molar refractivity (Wildman–Crippen MR) is 76.2 cm³/mol. The first kappa shape index (κ1) is 14.4. The first-order valence-electron chi connectivity index (χ1n) is 4.80. The van der Waals surface area contributed by atoms with Crippen molar-refractivity contribution in [1.29, 1.82) is 0 Å². The standard InChI is InChI=1S/C11H11BrINO3/c1-17-11(16)9(12)6-14-10(15)7-2-4-8(13)5-3-7/h2-5,9H,6H2,1H3,(H,14,15). The number of carbonyl (C=O) groups excluding carboxylic acids is 2. The molecule has 1 amide bonds. The van der Waals surface area contributed by atoms with Crippen molar-refractivity contribution in [2.45, 2.75) is 4.83 Å². The van der Waals surface area contributed by atoms with Gasteiger partial charge < -0.3 is 10.1 Å². The SMILES string of the molecule is COC(=O)C(Br)CNC(=O)c1ccc(I)cc1. The molecule has 0 spiro atoms. The molecule has 0 saturated carbocycles. The zero-order valence-electron chi connectivity index (χ0n) is 9.07. The summed E-state index contributed by atoms with van der Waals surface area (Å²) in [6.45, 7) is 0.192. The highest BCUT2D eigenvalue weighted by Gasteiger charge is 2.16. The van der Waals surface area contributed by atoms with Crippen molar-refractivity contribution in [2.24, 2.45) is 0 Å². The van der Waals surface area contributed by atoms with Crippen LogP contribution in [0.25, 0.3) is 0 Å². The molecule has 1 rings (SSSR count). The summed E-state index contributed by atoms with van der Waals surface area (Å²) in [5, 5.41) is 2.64. The molecule has 0 aliphatic carbocycles. The molecule has 0 aliphatic rings. The lowest BCUT2D eigenvalue weighted by Crippen LogP contribution is -2.33. The van der Waals surface area contributed by atoms with Gasteiger partial charge in [0.25, 0.3) is 5.91 Å². The average molecular weight is 412 g/mol. The molecule has 1 atom stereocenters. The van der Waals surface area contributed by atoms with Gasteiger partial charge in [-0.3, -0.25) is 9.59 Å². The van der Waals surface area contributed by atoms with Crippen LogP contribution in [0.5, 0.6) is 0 Å². The first-order chi connectivity index (χ1) is 8.04. The molecule has 92 valence electrons. The number of alkyl halides is 1. The summed E-state index contributed by atoms with van der Waals surface area (Å²) in [7, 11) is 1.30. The van der Waals surface area contributed by atoms with E-state index in [0.717, 1.165) is 3.57 Å². The van der Waals surface area contributed by atoms with Crippen LogP contribution < -0.4 is 5.32 Å². The van der Waals surface area contributed by atoms with Crippen LogP contribution in [0, 0.1) is 3.57 Å². The highest BCUT2D eigenvalue weighted by atomic mass is 127. The van der Waals surface area contributed by atoms with E-state index in [1.807, 2.05) is 12.1 Å². The van der Waals surface area contributed by atoms with Gasteiger partial charge in [-0.1, -0.05) is 15.9 Å². The highest BCUT2D eigenvalue weighted by molar-refractivity contribution is 14.1. The Bertz CT molecular complexity index is 408. The van der Waals surface area contributed by atoms with Crippen LogP contribution in [0.3, 0.4) is 0 Å². The minimum Gasteiger partial charge on any atom is -0.468 e. The van der Waals surface area contributed by atoms with Crippen LogP contribution in [-0.2, 0) is 9.53 Å². The Morgan fingerprint density at radius 2 is 2.00 bits per heavy atom. The Morgan fingerprint density at radius 3 is 2.53 bits per heavy atom. The number of rotatable bonds is 4. The monoisotopic (exact) mass is 411 g/mol. The second-order valence-corrected chi connectivity index (χ2v) is 5.56. The summed E-state index contributed by atoms with van der Waals surface area (Å²) < 4.78 is 5.59. The number of halogens is 2. The van der Waals surface area contributed by atoms with Crippen LogP contribution in [0.4, 0.5) is 0 Å². The van der Waals surface area contributed by atoms with Gasteiger partial charge in [0, 0.05) is 15.7 Å². The van der Waals surface area contributed by atoms with Crippen molar-refractivity contribution in [3.05, 3.63) is 33.4 Å². The van der Waals surface area contributed by atoms with Gasteiger partial charge in [0.05, 0.1) is 7.11 Å². The maximum absolute atomic E-state index is 11.7. The van der Waals surface area contributed by atoms with Gasteiger partial charge in [0.1, 0.15) is 4.83 Å². The van der Waals surface area contributed by atoms with Gasteiger partial charge in [-0.25, -0.2) is 0 Å². The van der Waals surface area contributed by atoms with Crippen molar-refractivity contribution < 1.29 is 14.3 Å². The van der Waals surface area contributed by atoms with E-state index in [0.29, 0.717) is 5.56 Å². The summed E-state index contributed by atoms with van der Waals surface area (Å²) >= 11 is 5.29. The summed E-state index contributed by atoms with van der Waals surface area (Å²) in [6.07, 6.45) is 0. The molecule has 0 fully saturated rings. The zero-order valence-corrected chi connectivity index (χ0v) is 12.8. The molecule has 0 saturated heterocycles. The van der Waals surface area contributed by atoms with E-state index in [4.69, 9.17) is 0 Å². The van der Waals surface area contributed by atoms with Crippen LogP contribution in [0.15, 0.2) is 24.3 Å². The fourth-order valence-electron chi connectivity index (χ4n) is 1.10. The van der Waals surface area contributed by atoms with Crippen LogP contribution in [-0.4, -0.2) is 30.4 Å². The van der Waals surface area contributed by atoms with E-state index in [9.17, 15) is 9.59 Å². The molecule has 0 radical (unpaired) electrons. The molecule has 17 heavy (non-hydrogen) atoms. The zero-order chi connectivity index (χ0) is 12.8. The molecular formula is C11H11BrINO3. The number of carbonyl (C=O) groups is 2. The summed E-state index contributed by atoms with van der Waals surface area (Å²) in [6, 6.07) is 7.17. The van der Waals surface area contributed by atoms with Gasteiger partial charge in [-0.05, 0) is 46.9 Å². The van der Waals surface area contributed by atoms with Gasteiger partial charge in [-0.15, -0.1) is 0 Å². The highest BCUT2D eigenvalue weighted by Crippen LogP contribution is 2.07. The number of esters is 1. The van der Waals surface area contributed by atoms with E-state index >= 15 is 0 Å². The van der Waals surface area contributed by atoms with Crippen molar-refractivity contribution in [3.8, 4) is 0 Å². The number of benzene rings is 1. The van der Waals surface area contributed by atoms with Gasteiger partial charge >= 0.3 is 5.97 Å². The second kappa shape index (κ2) is 6.95. The lowest BCUT2D eigenvalue weighted by atomic mass is 10.2. The fraction of sp³-hybridized carbons (Fsp3) is 0.273. The van der Waals surface area contributed by atoms with Crippen LogP contribution in [0.1, 0.15) is 10.4 Å². The largest absolute Gasteiger partial charge is 0.468 e. The Hall–Kier alpha value is -0.630. The summed E-state index contributed by atoms with van der Waals surface area (Å²) in [5.74, 6) is -0.623. The predicted octanol–water partition coefficient (Wildman–Crippen LogP) is 1.96. The van der Waals surface area contributed by atoms with E-state index in [2.05, 4.69) is 48.6 Å². The van der Waals surface area contributed by atoms with E-state index in [1.165, 1.54) is 7.11 Å². The van der Waals surface area contributed by atoms with Crippen molar-refractivity contribution in [2.75, 3.05) is 13.7 Å². The number of nitrogens with one attached hydrogen (secondary N) is 1. The minimum absolute atomic E-state index is 0.192.